The Morgan fingerprint density at radius 3 is 2.64 bits per heavy atom. The van der Waals surface area contributed by atoms with E-state index in [1.54, 1.807) is 57.0 Å². The van der Waals surface area contributed by atoms with Crippen LogP contribution in [0.3, 0.4) is 0 Å². The molecule has 2 rings (SSSR count). The average Bonchev–Trinajstić information content (AvgIpc) is 3.09. The van der Waals surface area contributed by atoms with Crippen LogP contribution < -0.4 is 5.32 Å². The number of hydrogen-bond donors (Lipinski definition) is 1. The summed E-state index contributed by atoms with van der Waals surface area (Å²) in [6.07, 6.45) is 3.42. The number of sulfonamides is 1. The van der Waals surface area contributed by atoms with Crippen molar-refractivity contribution >= 4 is 27.3 Å². The van der Waals surface area contributed by atoms with Gasteiger partial charge in [0.2, 0.25) is 10.0 Å². The van der Waals surface area contributed by atoms with Crippen LogP contribution in [0.1, 0.15) is 26.3 Å². The maximum absolute atomic E-state index is 12.6. The van der Waals surface area contributed by atoms with E-state index >= 15 is 0 Å². The number of nitrogens with one attached hydrogen (secondary N) is 1. The molecule has 9 nitrogen and oxygen atoms in total. The molecule has 152 valence electrons. The van der Waals surface area contributed by atoms with Gasteiger partial charge in [-0.2, -0.15) is 9.40 Å². The van der Waals surface area contributed by atoms with Gasteiger partial charge in [0.05, 0.1) is 16.8 Å². The summed E-state index contributed by atoms with van der Waals surface area (Å²) in [5.41, 5.74) is 1.75. The molecule has 28 heavy (non-hydrogen) atoms. The van der Waals surface area contributed by atoms with E-state index in [9.17, 15) is 13.2 Å². The highest BCUT2D eigenvalue weighted by Crippen LogP contribution is 2.19. The van der Waals surface area contributed by atoms with Crippen molar-refractivity contribution in [1.82, 2.24) is 14.1 Å². The summed E-state index contributed by atoms with van der Waals surface area (Å²) >= 11 is 0. The fourth-order valence-electron chi connectivity index (χ4n) is 2.49. The number of aryl methyl sites for hydroxylation is 1. The van der Waals surface area contributed by atoms with Crippen molar-refractivity contribution in [3.63, 3.8) is 0 Å². The van der Waals surface area contributed by atoms with Crippen LogP contribution in [-0.2, 0) is 26.7 Å². The van der Waals surface area contributed by atoms with Gasteiger partial charge in [-0.3, -0.25) is 9.48 Å². The molecule has 0 fully saturated rings. The Kier molecular flexibility index (Phi) is 7.30. The van der Waals surface area contributed by atoms with E-state index in [0.29, 0.717) is 24.5 Å². The molecule has 0 unspecified atom stereocenters. The van der Waals surface area contributed by atoms with Gasteiger partial charge in [-0.05, 0) is 25.1 Å². The molecular formula is C18H25N5O4S. The maximum atomic E-state index is 12.6. The third-order valence-corrected chi connectivity index (χ3v) is 6.03. The molecule has 1 amide bonds. The zero-order valence-electron chi connectivity index (χ0n) is 16.4. The Morgan fingerprint density at radius 1 is 1.32 bits per heavy atom. The van der Waals surface area contributed by atoms with E-state index < -0.39 is 15.9 Å². The minimum Gasteiger partial charge on any atom is -0.385 e. The lowest BCUT2D eigenvalue weighted by atomic mass is 10.2. The minimum atomic E-state index is -3.60. The third kappa shape index (κ3) is 5.40. The van der Waals surface area contributed by atoms with E-state index in [1.807, 2.05) is 0 Å². The molecule has 0 saturated heterocycles. The standard InChI is InChI=1S/C18H25N5O4S/c1-5-23(6-2)28(25,26)17-9-7-8-16(10-17)20-18(24)13-27-21-14(3)15-11-19-22(4)12-15/h7-12H,5-6,13H2,1-4H3,(H,20,24). The highest BCUT2D eigenvalue weighted by molar-refractivity contribution is 7.89. The number of amides is 1. The lowest BCUT2D eigenvalue weighted by molar-refractivity contribution is -0.120. The van der Waals surface area contributed by atoms with E-state index in [1.165, 1.54) is 16.4 Å². The van der Waals surface area contributed by atoms with Crippen LogP contribution in [0.15, 0.2) is 46.7 Å². The number of benzene rings is 1. The second-order valence-corrected chi connectivity index (χ2v) is 7.96. The molecule has 0 radical (unpaired) electrons. The first-order valence-electron chi connectivity index (χ1n) is 8.83. The minimum absolute atomic E-state index is 0.125. The predicted molar refractivity (Wildman–Crippen MR) is 107 cm³/mol. The molecule has 2 aromatic rings. The van der Waals surface area contributed by atoms with Gasteiger partial charge in [-0.1, -0.05) is 25.1 Å². The van der Waals surface area contributed by atoms with E-state index in [0.717, 1.165) is 5.56 Å². The molecule has 10 heteroatoms. The van der Waals surface area contributed by atoms with Crippen molar-refractivity contribution in [2.45, 2.75) is 25.7 Å². The van der Waals surface area contributed by atoms with Gasteiger partial charge >= 0.3 is 0 Å². The highest BCUT2D eigenvalue weighted by atomic mass is 32.2. The molecule has 0 atom stereocenters. The SMILES string of the molecule is CCN(CC)S(=O)(=O)c1cccc(NC(=O)CON=C(C)c2cnn(C)c2)c1. The van der Waals surface area contributed by atoms with Crippen molar-refractivity contribution in [2.24, 2.45) is 12.2 Å². The van der Waals surface area contributed by atoms with Crippen LogP contribution in [0.25, 0.3) is 0 Å². The number of hydrogen-bond acceptors (Lipinski definition) is 6. The smallest absolute Gasteiger partial charge is 0.265 e. The maximum Gasteiger partial charge on any atom is 0.265 e. The fourth-order valence-corrected chi connectivity index (χ4v) is 4.00. The molecule has 1 heterocycles. The summed E-state index contributed by atoms with van der Waals surface area (Å²) in [5, 5.41) is 10.5. The molecule has 0 spiro atoms. The normalized spacial score (nSPS) is 12.2. The van der Waals surface area contributed by atoms with Gasteiger partial charge in [0.1, 0.15) is 0 Å². The van der Waals surface area contributed by atoms with E-state index in [2.05, 4.69) is 15.6 Å². The van der Waals surface area contributed by atoms with Crippen LogP contribution in [0, 0.1) is 0 Å². The van der Waals surface area contributed by atoms with Gasteiger partial charge in [-0.15, -0.1) is 0 Å². The van der Waals surface area contributed by atoms with Gasteiger partial charge in [0.25, 0.3) is 5.91 Å². The predicted octanol–water partition coefficient (Wildman–Crippen LogP) is 1.83. The van der Waals surface area contributed by atoms with E-state index in [-0.39, 0.29) is 11.5 Å². The lowest BCUT2D eigenvalue weighted by Gasteiger charge is -2.18. The fraction of sp³-hybridized carbons (Fsp3) is 0.389. The number of oxime groups is 1. The van der Waals surface area contributed by atoms with Crippen molar-refractivity contribution in [3.05, 3.63) is 42.2 Å². The molecule has 1 aromatic carbocycles. The number of rotatable bonds is 9. The molecule has 0 aliphatic heterocycles. The van der Waals surface area contributed by atoms with Gasteiger partial charge in [0.15, 0.2) is 6.61 Å². The highest BCUT2D eigenvalue weighted by Gasteiger charge is 2.21. The van der Waals surface area contributed by atoms with Crippen LogP contribution in [0.4, 0.5) is 5.69 Å². The van der Waals surface area contributed by atoms with Gasteiger partial charge in [-0.25, -0.2) is 8.42 Å². The molecule has 1 N–H and O–H groups in total. The molecular weight excluding hydrogens is 382 g/mol. The number of anilines is 1. The zero-order valence-corrected chi connectivity index (χ0v) is 17.2. The zero-order chi connectivity index (χ0) is 20.7. The first-order valence-corrected chi connectivity index (χ1v) is 10.3. The van der Waals surface area contributed by atoms with Gasteiger partial charge in [0, 0.05) is 37.6 Å². The summed E-state index contributed by atoms with van der Waals surface area (Å²) in [5.74, 6) is -0.444. The number of carbonyl (C=O) groups excluding carboxylic acids is 1. The third-order valence-electron chi connectivity index (χ3n) is 3.98. The largest absolute Gasteiger partial charge is 0.385 e. The summed E-state index contributed by atoms with van der Waals surface area (Å²) in [6, 6.07) is 6.12. The summed E-state index contributed by atoms with van der Waals surface area (Å²) in [4.78, 5) is 17.3. The molecule has 0 bridgehead atoms. The molecule has 0 aliphatic carbocycles. The molecule has 0 aliphatic rings. The molecule has 1 aromatic heterocycles. The second kappa shape index (κ2) is 9.47. The van der Waals surface area contributed by atoms with Crippen LogP contribution >= 0.6 is 0 Å². The van der Waals surface area contributed by atoms with Crippen LogP contribution in [0.2, 0.25) is 0 Å². The number of aromatic nitrogens is 2. The van der Waals surface area contributed by atoms with E-state index in [4.69, 9.17) is 4.84 Å². The van der Waals surface area contributed by atoms with Crippen molar-refractivity contribution in [2.75, 3.05) is 25.0 Å². The van der Waals surface area contributed by atoms with Crippen molar-refractivity contribution < 1.29 is 18.0 Å². The monoisotopic (exact) mass is 407 g/mol. The lowest BCUT2D eigenvalue weighted by Crippen LogP contribution is -2.30. The number of carbonyl (C=O) groups is 1. The van der Waals surface area contributed by atoms with Crippen molar-refractivity contribution in [1.29, 1.82) is 0 Å². The topological polar surface area (TPSA) is 106 Å². The Hall–Kier alpha value is -2.72. The van der Waals surface area contributed by atoms with Crippen LogP contribution in [-0.4, -0.2) is 53.8 Å². The Morgan fingerprint density at radius 2 is 2.04 bits per heavy atom. The summed E-state index contributed by atoms with van der Waals surface area (Å²) in [7, 11) is -1.80. The summed E-state index contributed by atoms with van der Waals surface area (Å²) < 4.78 is 28.2. The van der Waals surface area contributed by atoms with Crippen molar-refractivity contribution in [3.8, 4) is 0 Å². The Bertz CT molecular complexity index is 948. The Labute approximate surface area is 165 Å². The Balaban J connectivity index is 1.99. The first kappa shape index (κ1) is 21.6. The van der Waals surface area contributed by atoms with Gasteiger partial charge < -0.3 is 10.2 Å². The molecule has 0 saturated carbocycles. The second-order valence-electron chi connectivity index (χ2n) is 6.02. The van der Waals surface area contributed by atoms with Crippen LogP contribution in [0.5, 0.6) is 0 Å². The summed E-state index contributed by atoms with van der Waals surface area (Å²) in [6.45, 7) is 5.74. The average molecular weight is 407 g/mol. The number of nitrogens with zero attached hydrogens (tertiary/aromatic N) is 4. The quantitative estimate of drug-likeness (QED) is 0.504. The first-order chi connectivity index (χ1) is 13.3.